The fraction of sp³-hybridized carbons (Fsp3) is 0. The minimum Gasteiger partial charge on any atom is -0.253 e. The van der Waals surface area contributed by atoms with Gasteiger partial charge in [-0.3, -0.25) is 4.98 Å². The Bertz CT molecular complexity index is 66.7. The summed E-state index contributed by atoms with van der Waals surface area (Å²) in [5, 5.41) is 1.93. The van der Waals surface area contributed by atoms with Crippen molar-refractivity contribution in [3.05, 3.63) is 17.1 Å². The molecule has 0 atom stereocenters. The molecular formula is C3H5NS3. The highest BCUT2D eigenvalue weighted by Gasteiger charge is 1.59. The van der Waals surface area contributed by atoms with Crippen molar-refractivity contribution < 1.29 is 0 Å². The number of hydrogen-bond acceptors (Lipinski definition) is 4. The minimum atomic E-state index is 1.60. The molecule has 40 valence electrons. The maximum atomic E-state index is 3.74. The number of aromatic nitrogens is 1. The molecule has 0 aromatic carbocycles. The normalized spacial score (nSPS) is 6.57. The Morgan fingerprint density at radius 3 is 2.29 bits per heavy atom. The summed E-state index contributed by atoms with van der Waals surface area (Å²) in [4.78, 5) is 3.74. The molecule has 7 heavy (non-hydrogen) atoms. The van der Waals surface area contributed by atoms with Gasteiger partial charge in [0.1, 0.15) is 0 Å². The van der Waals surface area contributed by atoms with Gasteiger partial charge in [0.25, 0.3) is 0 Å². The highest BCUT2D eigenvalue weighted by atomic mass is 33.1. The van der Waals surface area contributed by atoms with Crippen LogP contribution in [-0.4, -0.2) is 4.98 Å². The van der Waals surface area contributed by atoms with Crippen molar-refractivity contribution in [1.29, 1.82) is 0 Å². The molecule has 0 unspecified atom stereocenters. The van der Waals surface area contributed by atoms with Crippen LogP contribution in [0.5, 0.6) is 0 Å². The van der Waals surface area contributed by atoms with E-state index in [1.54, 1.807) is 23.0 Å². The second-order valence-corrected chi connectivity index (χ2v) is 1.43. The van der Waals surface area contributed by atoms with E-state index in [4.69, 9.17) is 0 Å². The second kappa shape index (κ2) is 6.33. The molecule has 0 fully saturated rings. The fourth-order valence-corrected chi connectivity index (χ4v) is 0.527. The van der Waals surface area contributed by atoms with Crippen LogP contribution >= 0.6 is 34.7 Å². The number of rotatable bonds is 0. The van der Waals surface area contributed by atoms with Gasteiger partial charge in [0.15, 0.2) is 0 Å². The summed E-state index contributed by atoms with van der Waals surface area (Å²) in [6, 6.07) is 0. The van der Waals surface area contributed by atoms with Crippen LogP contribution in [-0.2, 0) is 0 Å². The summed E-state index contributed by atoms with van der Waals surface area (Å²) >= 11 is 8.05. The van der Waals surface area contributed by atoms with Gasteiger partial charge in [-0.25, -0.2) is 0 Å². The SMILES string of the molecule is SS.c1cscn1. The zero-order valence-electron chi connectivity index (χ0n) is 3.48. The Balaban J connectivity index is 0.000000162. The summed E-state index contributed by atoms with van der Waals surface area (Å²) in [7, 11) is 0. The average molecular weight is 151 g/mol. The molecule has 0 aliphatic carbocycles. The molecule has 0 saturated heterocycles. The molecule has 4 heteroatoms. The van der Waals surface area contributed by atoms with Crippen molar-refractivity contribution in [2.45, 2.75) is 0 Å². The van der Waals surface area contributed by atoms with E-state index in [9.17, 15) is 0 Å². The summed E-state index contributed by atoms with van der Waals surface area (Å²) < 4.78 is 0. The lowest BCUT2D eigenvalue weighted by Crippen LogP contribution is -1.38. The lowest BCUT2D eigenvalue weighted by atomic mass is 11.0. The summed E-state index contributed by atoms with van der Waals surface area (Å²) in [5.74, 6) is 0. The van der Waals surface area contributed by atoms with Crippen LogP contribution < -0.4 is 0 Å². The summed E-state index contributed by atoms with van der Waals surface area (Å²) in [6.45, 7) is 0. The molecule has 0 aliphatic rings. The van der Waals surface area contributed by atoms with Crippen LogP contribution in [0.25, 0.3) is 0 Å². The highest BCUT2D eigenvalue weighted by molar-refractivity contribution is 8.59. The minimum absolute atomic E-state index is 1.60. The van der Waals surface area contributed by atoms with Crippen molar-refractivity contribution in [3.63, 3.8) is 0 Å². The van der Waals surface area contributed by atoms with E-state index in [1.165, 1.54) is 0 Å². The third-order valence-corrected chi connectivity index (χ3v) is 0.869. The molecule has 0 aliphatic heterocycles. The zero-order chi connectivity index (χ0) is 5.54. The van der Waals surface area contributed by atoms with Gasteiger partial charge in [-0.1, -0.05) is 0 Å². The lowest BCUT2D eigenvalue weighted by molar-refractivity contribution is 1.43. The second-order valence-electron chi connectivity index (χ2n) is 0.676. The third kappa shape index (κ3) is 4.18. The molecule has 1 heterocycles. The monoisotopic (exact) mass is 151 g/mol. The van der Waals surface area contributed by atoms with Crippen molar-refractivity contribution in [1.82, 2.24) is 4.98 Å². The van der Waals surface area contributed by atoms with Gasteiger partial charge < -0.3 is 0 Å². The molecule has 0 bridgehead atoms. The van der Waals surface area contributed by atoms with E-state index in [1.807, 2.05) is 5.38 Å². The van der Waals surface area contributed by atoms with Crippen molar-refractivity contribution in [3.8, 4) is 0 Å². The van der Waals surface area contributed by atoms with Gasteiger partial charge in [-0.15, -0.1) is 34.7 Å². The molecule has 1 rings (SSSR count). The van der Waals surface area contributed by atoms with Gasteiger partial charge in [-0.05, 0) is 0 Å². The summed E-state index contributed by atoms with van der Waals surface area (Å²) in [6.07, 6.45) is 1.77. The topological polar surface area (TPSA) is 12.9 Å². The molecular weight excluding hydrogens is 146 g/mol. The van der Waals surface area contributed by atoms with E-state index in [0.717, 1.165) is 0 Å². The Kier molecular flexibility index (Phi) is 6.63. The van der Waals surface area contributed by atoms with E-state index >= 15 is 0 Å². The maximum absolute atomic E-state index is 3.74. The van der Waals surface area contributed by atoms with Crippen LogP contribution in [0.15, 0.2) is 17.1 Å². The Morgan fingerprint density at radius 1 is 1.43 bits per heavy atom. The number of thiol groups is 2. The first-order chi connectivity index (χ1) is 3.50. The van der Waals surface area contributed by atoms with Crippen molar-refractivity contribution in [2.75, 3.05) is 0 Å². The van der Waals surface area contributed by atoms with Crippen molar-refractivity contribution >= 4 is 34.7 Å². The largest absolute Gasteiger partial charge is 0.253 e. The van der Waals surface area contributed by atoms with E-state index in [2.05, 4.69) is 28.3 Å². The number of thiazole rings is 1. The maximum Gasteiger partial charge on any atom is 0.0791 e. The first-order valence-electron chi connectivity index (χ1n) is 1.52. The molecule has 1 aromatic rings. The van der Waals surface area contributed by atoms with Crippen LogP contribution in [0, 0.1) is 0 Å². The summed E-state index contributed by atoms with van der Waals surface area (Å²) in [5.41, 5.74) is 1.79. The lowest BCUT2D eigenvalue weighted by Gasteiger charge is -1.41. The first-order valence-corrected chi connectivity index (χ1v) is 4.06. The van der Waals surface area contributed by atoms with Crippen LogP contribution in [0.2, 0.25) is 0 Å². The van der Waals surface area contributed by atoms with Crippen LogP contribution in [0.3, 0.4) is 0 Å². The van der Waals surface area contributed by atoms with Gasteiger partial charge in [-0.2, -0.15) is 0 Å². The van der Waals surface area contributed by atoms with Crippen LogP contribution in [0.4, 0.5) is 0 Å². The van der Waals surface area contributed by atoms with E-state index in [-0.39, 0.29) is 0 Å². The predicted octanol–water partition coefficient (Wildman–Crippen LogP) is 1.90. The Labute approximate surface area is 57.0 Å². The molecule has 0 N–H and O–H groups in total. The number of hydrogen-bond donors (Lipinski definition) is 2. The predicted molar refractivity (Wildman–Crippen MR) is 40.1 cm³/mol. The van der Waals surface area contributed by atoms with Gasteiger partial charge in [0, 0.05) is 11.6 Å². The third-order valence-electron chi connectivity index (χ3n) is 0.347. The van der Waals surface area contributed by atoms with Crippen molar-refractivity contribution in [2.24, 2.45) is 0 Å². The van der Waals surface area contributed by atoms with Crippen LogP contribution in [0.1, 0.15) is 0 Å². The molecule has 1 nitrogen and oxygen atoms in total. The Morgan fingerprint density at radius 2 is 2.14 bits per heavy atom. The molecule has 0 spiro atoms. The zero-order valence-corrected chi connectivity index (χ0v) is 6.09. The Hall–Kier alpha value is 0.330. The molecule has 1 aromatic heterocycles. The van der Waals surface area contributed by atoms with Gasteiger partial charge >= 0.3 is 0 Å². The van der Waals surface area contributed by atoms with Gasteiger partial charge in [0.2, 0.25) is 0 Å². The van der Waals surface area contributed by atoms with E-state index in [0.29, 0.717) is 0 Å². The molecule has 0 amide bonds. The van der Waals surface area contributed by atoms with Gasteiger partial charge in [0.05, 0.1) is 5.51 Å². The molecule has 0 saturated carbocycles. The highest BCUT2D eigenvalue weighted by Crippen LogP contribution is 1.85. The standard InChI is InChI=1S/C3H3NS.H2S2/c1-2-5-3-4-1;1-2/h1-3H;1-2H. The van der Waals surface area contributed by atoms with E-state index < -0.39 is 0 Å². The first kappa shape index (κ1) is 7.33. The number of nitrogens with zero attached hydrogens (tertiary/aromatic N) is 1. The smallest absolute Gasteiger partial charge is 0.0791 e. The fourth-order valence-electron chi connectivity index (χ4n) is 0.176. The average Bonchev–Trinajstić information content (AvgIpc) is 2.23. The molecule has 0 radical (unpaired) electrons. The quantitative estimate of drug-likeness (QED) is 0.426.